The Morgan fingerprint density at radius 3 is 2.33 bits per heavy atom. The number of rotatable bonds is 2. The van der Waals surface area contributed by atoms with Crippen LogP contribution in [0.1, 0.15) is 58.9 Å². The molecule has 0 saturated heterocycles. The highest BCUT2D eigenvalue weighted by Gasteiger charge is 2.34. The molecule has 0 aromatic heterocycles. The maximum Gasteiger partial charge on any atom is 0.194 e. The molecule has 126 valence electrons. The molecule has 1 N–H and O–H groups in total. The summed E-state index contributed by atoms with van der Waals surface area (Å²) in [6.07, 6.45) is 0. The molecule has 2 aromatic rings. The molecule has 0 heterocycles. The van der Waals surface area contributed by atoms with Gasteiger partial charge in [-0.25, -0.2) is 0 Å². The van der Waals surface area contributed by atoms with Crippen LogP contribution in [0.4, 0.5) is 0 Å². The van der Waals surface area contributed by atoms with Crippen LogP contribution in [0.25, 0.3) is 11.1 Å². The topological polar surface area (TPSA) is 46.5 Å². The quantitative estimate of drug-likeness (QED) is 0.728. The summed E-state index contributed by atoms with van der Waals surface area (Å²) in [7, 11) is 0.610. The van der Waals surface area contributed by atoms with Crippen LogP contribution in [0.15, 0.2) is 18.2 Å². The van der Waals surface area contributed by atoms with Crippen molar-refractivity contribution < 1.29 is 14.3 Å². The number of benzene rings is 2. The lowest BCUT2D eigenvalue weighted by atomic mass is 9.85. The van der Waals surface area contributed by atoms with Gasteiger partial charge >= 0.3 is 0 Å². The second-order valence-corrected chi connectivity index (χ2v) is 8.18. The van der Waals surface area contributed by atoms with E-state index in [0.717, 1.165) is 27.8 Å². The Morgan fingerprint density at radius 1 is 1.08 bits per heavy atom. The van der Waals surface area contributed by atoms with E-state index in [9.17, 15) is 9.90 Å². The van der Waals surface area contributed by atoms with Crippen molar-refractivity contribution in [3.8, 4) is 16.9 Å². The van der Waals surface area contributed by atoms with E-state index in [1.807, 2.05) is 26.0 Å². The largest absolute Gasteiger partial charge is 0.507 e. The van der Waals surface area contributed by atoms with Gasteiger partial charge < -0.3 is 9.53 Å². The van der Waals surface area contributed by atoms with Gasteiger partial charge in [-0.05, 0) is 53.1 Å². The molecule has 0 aliphatic heterocycles. The zero-order valence-electron chi connectivity index (χ0n) is 15.2. The van der Waals surface area contributed by atoms with Crippen LogP contribution in [0.3, 0.4) is 0 Å². The van der Waals surface area contributed by atoms with Gasteiger partial charge in [-0.1, -0.05) is 32.9 Å². The van der Waals surface area contributed by atoms with Gasteiger partial charge in [0.05, 0.1) is 6.61 Å². The van der Waals surface area contributed by atoms with Crippen molar-refractivity contribution in [3.05, 3.63) is 51.6 Å². The molecule has 3 rings (SSSR count). The van der Waals surface area contributed by atoms with E-state index in [2.05, 4.69) is 26.8 Å². The molecular weight excluding hydrogens is 316 g/mol. The Hall–Kier alpha value is -1.91. The molecule has 0 saturated carbocycles. The first-order chi connectivity index (χ1) is 11.2. The Bertz CT molecular complexity index is 860. The van der Waals surface area contributed by atoms with Crippen LogP contribution in [-0.2, 0) is 16.4 Å². The van der Waals surface area contributed by atoms with Crippen LogP contribution < -0.4 is 0 Å². The second kappa shape index (κ2) is 5.57. The number of phenolic OH excluding ortho intramolecular Hbond substituents is 1. The summed E-state index contributed by atoms with van der Waals surface area (Å²) in [5, 5.41) is 10.7. The van der Waals surface area contributed by atoms with E-state index in [4.69, 9.17) is 4.43 Å². The van der Waals surface area contributed by atoms with Crippen molar-refractivity contribution in [2.24, 2.45) is 0 Å². The van der Waals surface area contributed by atoms with Crippen molar-refractivity contribution in [1.82, 2.24) is 0 Å². The van der Waals surface area contributed by atoms with Crippen LogP contribution in [0, 0.1) is 13.8 Å². The van der Waals surface area contributed by atoms with Gasteiger partial charge in [0.25, 0.3) is 0 Å². The molecule has 1 aliphatic rings. The Balaban J connectivity index is 2.33. The lowest BCUT2D eigenvalue weighted by molar-refractivity contribution is 0.104. The number of carbonyl (C=O) groups excluding carboxylic acids is 1. The predicted molar refractivity (Wildman–Crippen MR) is 99.9 cm³/mol. The number of carbonyl (C=O) groups is 1. The summed E-state index contributed by atoms with van der Waals surface area (Å²) in [6.45, 7) is 10.7. The smallest absolute Gasteiger partial charge is 0.194 e. The minimum Gasteiger partial charge on any atom is -0.507 e. The van der Waals surface area contributed by atoms with E-state index in [1.165, 1.54) is 0 Å². The van der Waals surface area contributed by atoms with Gasteiger partial charge in [0.2, 0.25) is 0 Å². The third-order valence-electron chi connectivity index (χ3n) is 5.07. The average molecular weight is 340 g/mol. The Labute approximate surface area is 146 Å². The number of fused-ring (bicyclic) bond motifs is 3. The number of hydrogen-bond donors (Lipinski definition) is 1. The van der Waals surface area contributed by atoms with Gasteiger partial charge in [-0.3, -0.25) is 4.79 Å². The fourth-order valence-corrected chi connectivity index (χ4v) is 3.73. The van der Waals surface area contributed by atoms with Gasteiger partial charge in [0.1, 0.15) is 16.2 Å². The lowest BCUT2D eigenvalue weighted by Crippen LogP contribution is -2.12. The highest BCUT2D eigenvalue weighted by Crippen LogP contribution is 2.47. The monoisotopic (exact) mass is 340 g/mol. The SMILES string of the molecule is Cc1c(C)c(CO[SiH3])c2c(c1O)-c1ccc(C(C)(C)C)cc1C2=O. The molecule has 0 fully saturated rings. The molecule has 1 aliphatic carbocycles. The third-order valence-corrected chi connectivity index (χ3v) is 5.36. The van der Waals surface area contributed by atoms with Crippen molar-refractivity contribution in [3.63, 3.8) is 0 Å². The Morgan fingerprint density at radius 2 is 1.75 bits per heavy atom. The van der Waals surface area contributed by atoms with Crippen molar-refractivity contribution in [2.45, 2.75) is 46.6 Å². The summed E-state index contributed by atoms with van der Waals surface area (Å²) in [5.74, 6) is 0.216. The van der Waals surface area contributed by atoms with E-state index < -0.39 is 0 Å². The van der Waals surface area contributed by atoms with Gasteiger partial charge in [-0.2, -0.15) is 0 Å². The molecule has 0 radical (unpaired) electrons. The minimum absolute atomic E-state index is 0.00165. The van der Waals surface area contributed by atoms with E-state index >= 15 is 0 Å². The van der Waals surface area contributed by atoms with E-state index in [1.54, 1.807) is 0 Å². The predicted octanol–water partition coefficient (Wildman–Crippen LogP) is 3.31. The molecule has 2 aromatic carbocycles. The summed E-state index contributed by atoms with van der Waals surface area (Å²) in [5.41, 5.74) is 6.58. The first-order valence-electron chi connectivity index (χ1n) is 8.22. The van der Waals surface area contributed by atoms with Crippen LogP contribution in [0.2, 0.25) is 0 Å². The Kier molecular flexibility index (Phi) is 3.93. The zero-order valence-corrected chi connectivity index (χ0v) is 17.2. The van der Waals surface area contributed by atoms with Crippen LogP contribution in [0.5, 0.6) is 5.75 Å². The molecule has 0 atom stereocenters. The normalized spacial score (nSPS) is 13.3. The molecule has 24 heavy (non-hydrogen) atoms. The second-order valence-electron chi connectivity index (χ2n) is 7.60. The van der Waals surface area contributed by atoms with Crippen LogP contribution in [-0.4, -0.2) is 21.4 Å². The fourth-order valence-electron chi connectivity index (χ4n) is 3.44. The number of hydrogen-bond acceptors (Lipinski definition) is 3. The molecule has 3 nitrogen and oxygen atoms in total. The van der Waals surface area contributed by atoms with Crippen molar-refractivity contribution >= 4 is 16.3 Å². The van der Waals surface area contributed by atoms with Gasteiger partial charge in [-0.15, -0.1) is 0 Å². The molecular formula is C20H24O3Si. The number of aromatic hydroxyl groups is 1. The maximum absolute atomic E-state index is 13.1. The van der Waals surface area contributed by atoms with E-state index in [0.29, 0.717) is 33.8 Å². The first-order valence-corrected chi connectivity index (χ1v) is 9.03. The standard InChI is InChI=1S/C20H24O3Si/c1-10-11(2)18(21)16-13-7-6-12(20(3,4)5)8-14(13)19(22)17(16)15(10)9-23-24/h6-8,21H,9H2,1-5,24H3. The third kappa shape index (κ3) is 2.33. The van der Waals surface area contributed by atoms with E-state index in [-0.39, 0.29) is 16.9 Å². The molecule has 0 bridgehead atoms. The highest BCUT2D eigenvalue weighted by atomic mass is 28.2. The minimum atomic E-state index is -0.0288. The van der Waals surface area contributed by atoms with Crippen molar-refractivity contribution in [2.75, 3.05) is 0 Å². The number of ketones is 1. The molecule has 0 unspecified atom stereocenters. The highest BCUT2D eigenvalue weighted by molar-refractivity contribution is 6.24. The number of phenols is 1. The maximum atomic E-state index is 13.1. The molecule has 0 spiro atoms. The van der Waals surface area contributed by atoms with Gasteiger partial charge in [0, 0.05) is 16.7 Å². The summed E-state index contributed by atoms with van der Waals surface area (Å²) in [6, 6.07) is 6.01. The lowest BCUT2D eigenvalue weighted by Gasteiger charge is -2.19. The average Bonchev–Trinajstić information content (AvgIpc) is 2.81. The van der Waals surface area contributed by atoms with Crippen LogP contribution >= 0.6 is 0 Å². The summed E-state index contributed by atoms with van der Waals surface area (Å²) < 4.78 is 5.46. The summed E-state index contributed by atoms with van der Waals surface area (Å²) >= 11 is 0. The summed E-state index contributed by atoms with van der Waals surface area (Å²) in [4.78, 5) is 13.1. The first kappa shape index (κ1) is 16.9. The fraction of sp³-hybridized carbons (Fsp3) is 0.350. The van der Waals surface area contributed by atoms with Crippen molar-refractivity contribution in [1.29, 1.82) is 0 Å². The molecule has 4 heteroatoms. The zero-order chi connectivity index (χ0) is 17.8. The molecule has 0 amide bonds. The van der Waals surface area contributed by atoms with Gasteiger partial charge in [0.15, 0.2) is 5.78 Å².